The van der Waals surface area contributed by atoms with Gasteiger partial charge in [0.15, 0.2) is 11.8 Å². The summed E-state index contributed by atoms with van der Waals surface area (Å²) in [5.41, 5.74) is 1.44. The van der Waals surface area contributed by atoms with Gasteiger partial charge in [0.2, 0.25) is 0 Å². The molecule has 1 aromatic rings. The van der Waals surface area contributed by atoms with Crippen LogP contribution in [0.3, 0.4) is 0 Å². The number of carbonyl (C=O) groups is 1. The van der Waals surface area contributed by atoms with Crippen LogP contribution in [0.1, 0.15) is 6.42 Å². The number of hydrogen-bond donors (Lipinski definition) is 1. The molecule has 0 bridgehead atoms. The van der Waals surface area contributed by atoms with E-state index in [1.54, 1.807) is 6.08 Å². The summed E-state index contributed by atoms with van der Waals surface area (Å²) in [7, 11) is 0. The molecule has 0 radical (unpaired) electrons. The fraction of sp³-hybridized carbons (Fsp3) is 0.111. The van der Waals surface area contributed by atoms with Gasteiger partial charge in [0.25, 0.3) is 0 Å². The van der Waals surface area contributed by atoms with Crippen molar-refractivity contribution in [2.75, 3.05) is 0 Å². The Morgan fingerprint density at radius 1 is 1.69 bits per heavy atom. The number of carboxylic acids is 1. The lowest BCUT2D eigenvalue weighted by Gasteiger charge is -1.97. The molecule has 0 atom stereocenters. The molecule has 0 saturated carbocycles. The third-order valence-corrected chi connectivity index (χ3v) is 1.78. The van der Waals surface area contributed by atoms with E-state index in [1.165, 1.54) is 12.5 Å². The topological polar surface area (TPSA) is 63.3 Å². The molecule has 0 unspecified atom stereocenters. The Bertz CT molecular complexity index is 481. The summed E-state index contributed by atoms with van der Waals surface area (Å²) in [6, 6.07) is 0. The molecule has 0 fully saturated rings. The summed E-state index contributed by atoms with van der Waals surface area (Å²) >= 11 is 0. The van der Waals surface area contributed by atoms with Crippen LogP contribution in [0.5, 0.6) is 0 Å². The Hall–Kier alpha value is -1.84. The van der Waals surface area contributed by atoms with Gasteiger partial charge in [-0.15, -0.1) is 0 Å². The SMILES string of the molecule is O=C(O)C=C1C=c2ncoc2=CC1. The van der Waals surface area contributed by atoms with Gasteiger partial charge in [-0.25, -0.2) is 9.78 Å². The maximum atomic E-state index is 10.4. The van der Waals surface area contributed by atoms with Crippen LogP contribution >= 0.6 is 0 Å². The van der Waals surface area contributed by atoms with E-state index in [4.69, 9.17) is 9.52 Å². The van der Waals surface area contributed by atoms with Gasteiger partial charge in [-0.3, -0.25) is 0 Å². The zero-order chi connectivity index (χ0) is 9.26. The van der Waals surface area contributed by atoms with Crippen molar-refractivity contribution >= 4 is 18.1 Å². The number of rotatable bonds is 1. The van der Waals surface area contributed by atoms with Gasteiger partial charge >= 0.3 is 5.97 Å². The fourth-order valence-corrected chi connectivity index (χ4v) is 1.23. The summed E-state index contributed by atoms with van der Waals surface area (Å²) in [5.74, 6) is -0.938. The van der Waals surface area contributed by atoms with Crippen LogP contribution in [-0.2, 0) is 4.79 Å². The number of carboxylic acid groups (broad SMARTS) is 1. The van der Waals surface area contributed by atoms with Crippen molar-refractivity contribution < 1.29 is 14.3 Å². The number of allylic oxidation sites excluding steroid dienone is 1. The van der Waals surface area contributed by atoms with Crippen LogP contribution in [0.25, 0.3) is 12.2 Å². The zero-order valence-corrected chi connectivity index (χ0v) is 6.73. The fourth-order valence-electron chi connectivity index (χ4n) is 1.23. The highest BCUT2D eigenvalue weighted by molar-refractivity contribution is 5.83. The molecular formula is C9H7NO3. The molecular weight excluding hydrogens is 170 g/mol. The molecule has 1 N–H and O–H groups in total. The summed E-state index contributed by atoms with van der Waals surface area (Å²) in [5, 5.41) is 9.20. The molecule has 4 nitrogen and oxygen atoms in total. The predicted molar refractivity (Wildman–Crippen MR) is 45.0 cm³/mol. The molecule has 13 heavy (non-hydrogen) atoms. The van der Waals surface area contributed by atoms with E-state index in [-0.39, 0.29) is 0 Å². The van der Waals surface area contributed by atoms with Crippen molar-refractivity contribution in [2.24, 2.45) is 0 Å². The molecule has 0 amide bonds. The Labute approximate surface area is 73.5 Å². The molecule has 0 spiro atoms. The predicted octanol–water partition coefficient (Wildman–Crippen LogP) is -0.350. The third kappa shape index (κ3) is 1.51. The van der Waals surface area contributed by atoms with Crippen LogP contribution in [0.2, 0.25) is 0 Å². The van der Waals surface area contributed by atoms with Gasteiger partial charge in [-0.2, -0.15) is 0 Å². The molecule has 4 heteroatoms. The van der Waals surface area contributed by atoms with Gasteiger partial charge < -0.3 is 9.52 Å². The van der Waals surface area contributed by atoms with Crippen molar-refractivity contribution in [3.8, 4) is 0 Å². The second kappa shape index (κ2) is 2.90. The first kappa shape index (κ1) is 7.79. The minimum absolute atomic E-state index is 0.578. The Balaban J connectivity index is 2.50. The highest BCUT2D eigenvalue weighted by Crippen LogP contribution is 2.05. The molecule has 1 aliphatic rings. The molecule has 1 aromatic heterocycles. The van der Waals surface area contributed by atoms with Crippen molar-refractivity contribution in [3.63, 3.8) is 0 Å². The Morgan fingerprint density at radius 3 is 3.31 bits per heavy atom. The normalized spacial score (nSPS) is 17.4. The molecule has 0 aliphatic heterocycles. The molecule has 1 aliphatic carbocycles. The first-order valence-corrected chi connectivity index (χ1v) is 3.80. The summed E-state index contributed by atoms with van der Waals surface area (Å²) in [4.78, 5) is 14.3. The average molecular weight is 177 g/mol. The lowest BCUT2D eigenvalue weighted by atomic mass is 10.1. The Morgan fingerprint density at radius 2 is 2.54 bits per heavy atom. The first-order valence-electron chi connectivity index (χ1n) is 3.80. The standard InChI is InChI=1S/C9H7NO3/c11-9(12)4-6-1-2-8-7(3-6)10-5-13-8/h2-5H,1H2,(H,11,12). The summed E-state index contributed by atoms with van der Waals surface area (Å²) < 4.78 is 5.04. The highest BCUT2D eigenvalue weighted by atomic mass is 16.4. The lowest BCUT2D eigenvalue weighted by Crippen LogP contribution is -2.24. The second-order valence-corrected chi connectivity index (χ2v) is 2.71. The molecule has 0 aromatic carbocycles. The van der Waals surface area contributed by atoms with Crippen LogP contribution in [-0.4, -0.2) is 16.1 Å². The van der Waals surface area contributed by atoms with Gasteiger partial charge in [0.1, 0.15) is 5.35 Å². The summed E-state index contributed by atoms with van der Waals surface area (Å²) in [6.07, 6.45) is 6.63. The largest absolute Gasteiger partial charge is 0.478 e. The van der Waals surface area contributed by atoms with Gasteiger partial charge in [-0.05, 0) is 24.1 Å². The number of hydrogen-bond acceptors (Lipinski definition) is 3. The first-order chi connectivity index (χ1) is 6.25. The molecule has 66 valence electrons. The second-order valence-electron chi connectivity index (χ2n) is 2.71. The van der Waals surface area contributed by atoms with E-state index in [0.29, 0.717) is 17.2 Å². The molecule has 2 rings (SSSR count). The van der Waals surface area contributed by atoms with Gasteiger partial charge in [0.05, 0.1) is 0 Å². The van der Waals surface area contributed by atoms with Crippen LogP contribution < -0.4 is 10.8 Å². The van der Waals surface area contributed by atoms with Crippen LogP contribution in [0, 0.1) is 0 Å². The lowest BCUT2D eigenvalue weighted by molar-refractivity contribution is -0.131. The van der Waals surface area contributed by atoms with Crippen molar-refractivity contribution in [1.82, 2.24) is 4.98 Å². The van der Waals surface area contributed by atoms with Crippen molar-refractivity contribution in [1.29, 1.82) is 0 Å². The average Bonchev–Trinajstić information content (AvgIpc) is 2.49. The maximum absolute atomic E-state index is 10.4. The van der Waals surface area contributed by atoms with Crippen molar-refractivity contribution in [2.45, 2.75) is 6.42 Å². The molecule has 0 saturated heterocycles. The van der Waals surface area contributed by atoms with Gasteiger partial charge in [0, 0.05) is 6.08 Å². The minimum atomic E-state index is -0.938. The Kier molecular flexibility index (Phi) is 1.73. The monoisotopic (exact) mass is 177 g/mol. The van der Waals surface area contributed by atoms with E-state index in [0.717, 1.165) is 5.57 Å². The van der Waals surface area contributed by atoms with E-state index < -0.39 is 5.97 Å². The van der Waals surface area contributed by atoms with Crippen molar-refractivity contribution in [3.05, 3.63) is 28.8 Å². The molecule has 1 heterocycles. The van der Waals surface area contributed by atoms with Crippen LogP contribution in [0.4, 0.5) is 0 Å². The van der Waals surface area contributed by atoms with E-state index in [9.17, 15) is 4.79 Å². The number of aliphatic carboxylic acids is 1. The number of nitrogens with zero attached hydrogens (tertiary/aromatic N) is 1. The van der Waals surface area contributed by atoms with E-state index in [2.05, 4.69) is 4.98 Å². The van der Waals surface area contributed by atoms with Gasteiger partial charge in [-0.1, -0.05) is 0 Å². The minimum Gasteiger partial charge on any atom is -0.478 e. The summed E-state index contributed by atoms with van der Waals surface area (Å²) in [6.45, 7) is 0. The quantitative estimate of drug-likeness (QED) is 0.595. The number of oxazole rings is 1. The van der Waals surface area contributed by atoms with E-state index >= 15 is 0 Å². The number of fused-ring (bicyclic) bond motifs is 1. The smallest absolute Gasteiger partial charge is 0.328 e. The number of aromatic nitrogens is 1. The highest BCUT2D eigenvalue weighted by Gasteiger charge is 2.02. The maximum Gasteiger partial charge on any atom is 0.328 e. The zero-order valence-electron chi connectivity index (χ0n) is 6.73. The van der Waals surface area contributed by atoms with Crippen LogP contribution in [0.15, 0.2) is 22.5 Å². The van der Waals surface area contributed by atoms with E-state index in [1.807, 2.05) is 6.08 Å². The third-order valence-electron chi connectivity index (χ3n) is 1.78.